The molecule has 0 aromatic heterocycles. The molecule has 25 heavy (non-hydrogen) atoms. The van der Waals surface area contributed by atoms with Gasteiger partial charge in [0.05, 0.1) is 9.81 Å². The Kier molecular flexibility index (Phi) is 6.05. The number of carbonyl (C=O) groups is 2. The van der Waals surface area contributed by atoms with Crippen molar-refractivity contribution >= 4 is 46.7 Å². The van der Waals surface area contributed by atoms with Crippen LogP contribution in [0.25, 0.3) is 0 Å². The van der Waals surface area contributed by atoms with E-state index < -0.39 is 0 Å². The van der Waals surface area contributed by atoms with Crippen molar-refractivity contribution < 1.29 is 9.59 Å². The molecular formula is C20H17ClO2S2. The van der Waals surface area contributed by atoms with Crippen LogP contribution in [0.3, 0.4) is 0 Å². The monoisotopic (exact) mass is 388 g/mol. The number of hydrogen-bond acceptors (Lipinski definition) is 4. The number of Topliss-reactive ketones (excluding diaryl/α,β-unsaturated/α-hetero) is 2. The van der Waals surface area contributed by atoms with Crippen molar-refractivity contribution in [3.63, 3.8) is 0 Å². The van der Waals surface area contributed by atoms with E-state index in [2.05, 4.69) is 0 Å². The van der Waals surface area contributed by atoms with E-state index in [-0.39, 0.29) is 16.8 Å². The topological polar surface area (TPSA) is 34.1 Å². The van der Waals surface area contributed by atoms with Crippen LogP contribution in [0.1, 0.15) is 34.5 Å². The lowest BCUT2D eigenvalue weighted by Gasteiger charge is -2.25. The highest BCUT2D eigenvalue weighted by molar-refractivity contribution is 8.22. The summed E-state index contributed by atoms with van der Waals surface area (Å²) in [5, 5.41) is 0.695. The molecule has 0 aliphatic carbocycles. The zero-order valence-corrected chi connectivity index (χ0v) is 16.1. The Morgan fingerprint density at radius 2 is 1.84 bits per heavy atom. The summed E-state index contributed by atoms with van der Waals surface area (Å²) >= 11 is 9.13. The highest BCUT2D eigenvalue weighted by atomic mass is 35.5. The zero-order valence-electron chi connectivity index (χ0n) is 13.7. The summed E-state index contributed by atoms with van der Waals surface area (Å²) in [5.41, 5.74) is 1.96. The number of thioether (sulfide) groups is 2. The standard InChI is InChI=1S/C20H17ClO2S2/c1-2-24-20-18(19(23)14-6-4-3-5-7-14)16(22)12-17(25-20)13-8-10-15(21)11-9-13/h3-11,17H,2,12H2,1H3. The van der Waals surface area contributed by atoms with Gasteiger partial charge in [0, 0.05) is 22.3 Å². The maximum atomic E-state index is 12.9. The number of allylic oxidation sites excluding steroid dienone is 1. The molecule has 2 aromatic rings. The van der Waals surface area contributed by atoms with Crippen molar-refractivity contribution in [2.24, 2.45) is 0 Å². The van der Waals surface area contributed by atoms with Gasteiger partial charge in [0.1, 0.15) is 0 Å². The first-order valence-electron chi connectivity index (χ1n) is 8.02. The Morgan fingerprint density at radius 3 is 2.48 bits per heavy atom. The Labute approximate surface area is 161 Å². The second kappa shape index (κ2) is 8.26. The highest BCUT2D eigenvalue weighted by Gasteiger charge is 2.33. The largest absolute Gasteiger partial charge is 0.294 e. The minimum Gasteiger partial charge on any atom is -0.294 e. The fraction of sp³-hybridized carbons (Fsp3) is 0.200. The van der Waals surface area contributed by atoms with Crippen molar-refractivity contribution in [2.75, 3.05) is 5.75 Å². The van der Waals surface area contributed by atoms with Crippen LogP contribution >= 0.6 is 35.1 Å². The molecule has 0 fully saturated rings. The van der Waals surface area contributed by atoms with E-state index in [4.69, 9.17) is 11.6 Å². The van der Waals surface area contributed by atoms with Gasteiger partial charge in [-0.15, -0.1) is 23.5 Å². The van der Waals surface area contributed by atoms with Crippen molar-refractivity contribution in [3.05, 3.63) is 80.6 Å². The average molecular weight is 389 g/mol. The maximum absolute atomic E-state index is 12.9. The Hall–Kier alpha value is -1.49. The molecule has 2 nitrogen and oxygen atoms in total. The molecule has 2 aromatic carbocycles. The molecule has 0 N–H and O–H groups in total. The van der Waals surface area contributed by atoms with Crippen molar-refractivity contribution in [3.8, 4) is 0 Å². The van der Waals surface area contributed by atoms with Gasteiger partial charge in [-0.05, 0) is 23.4 Å². The molecule has 0 amide bonds. The SMILES string of the molecule is CCSC1=C(C(=O)c2ccccc2)C(=O)CC(c2ccc(Cl)cc2)S1. The molecule has 0 saturated carbocycles. The normalized spacial score (nSPS) is 17.7. The highest BCUT2D eigenvalue weighted by Crippen LogP contribution is 2.48. The summed E-state index contributed by atoms with van der Waals surface area (Å²) in [6.07, 6.45) is 0.327. The third kappa shape index (κ3) is 4.20. The molecule has 0 saturated heterocycles. The first-order chi connectivity index (χ1) is 12.1. The molecule has 0 spiro atoms. The summed E-state index contributed by atoms with van der Waals surface area (Å²) in [5.74, 6) is 0.557. The van der Waals surface area contributed by atoms with Crippen molar-refractivity contribution in [1.29, 1.82) is 0 Å². The number of ketones is 2. The van der Waals surface area contributed by atoms with E-state index >= 15 is 0 Å². The number of benzene rings is 2. The predicted molar refractivity (Wildman–Crippen MR) is 107 cm³/mol. The van der Waals surface area contributed by atoms with E-state index in [1.54, 1.807) is 35.7 Å². The van der Waals surface area contributed by atoms with Crippen molar-refractivity contribution in [2.45, 2.75) is 18.6 Å². The fourth-order valence-corrected chi connectivity index (χ4v) is 5.49. The van der Waals surface area contributed by atoms with Crippen LogP contribution in [0.15, 0.2) is 64.4 Å². The van der Waals surface area contributed by atoms with Crippen LogP contribution in [-0.4, -0.2) is 17.3 Å². The van der Waals surface area contributed by atoms with E-state index in [1.165, 1.54) is 0 Å². The third-order valence-electron chi connectivity index (χ3n) is 3.88. The van der Waals surface area contributed by atoms with Gasteiger partial charge in [0.15, 0.2) is 11.6 Å². The van der Waals surface area contributed by atoms with Gasteiger partial charge >= 0.3 is 0 Å². The van der Waals surface area contributed by atoms with Gasteiger partial charge in [0.2, 0.25) is 0 Å². The van der Waals surface area contributed by atoms with Crippen LogP contribution < -0.4 is 0 Å². The molecule has 3 rings (SSSR count). The van der Waals surface area contributed by atoms with Gasteiger partial charge in [-0.25, -0.2) is 0 Å². The summed E-state index contributed by atoms with van der Waals surface area (Å²) in [6, 6.07) is 16.6. The first kappa shape index (κ1) is 18.3. The van der Waals surface area contributed by atoms with Crippen LogP contribution in [-0.2, 0) is 4.79 Å². The minimum absolute atomic E-state index is 0.0196. The second-order valence-corrected chi connectivity index (χ2v) is 8.76. The average Bonchev–Trinajstić information content (AvgIpc) is 2.62. The molecule has 1 aliphatic heterocycles. The molecular weight excluding hydrogens is 372 g/mol. The van der Waals surface area contributed by atoms with Crippen LogP contribution in [0, 0.1) is 0 Å². The lowest BCUT2D eigenvalue weighted by Crippen LogP contribution is -2.20. The van der Waals surface area contributed by atoms with Gasteiger partial charge in [-0.3, -0.25) is 9.59 Å². The number of hydrogen-bond donors (Lipinski definition) is 0. The molecule has 1 atom stereocenters. The van der Waals surface area contributed by atoms with Gasteiger partial charge in [0.25, 0.3) is 0 Å². The Morgan fingerprint density at radius 1 is 1.16 bits per heavy atom. The van der Waals surface area contributed by atoms with Crippen molar-refractivity contribution in [1.82, 2.24) is 0 Å². The van der Waals surface area contributed by atoms with Crippen LogP contribution in [0.5, 0.6) is 0 Å². The molecule has 128 valence electrons. The summed E-state index contributed by atoms with van der Waals surface area (Å²) < 4.78 is 0.826. The second-order valence-electron chi connectivity index (χ2n) is 5.58. The molecule has 0 bridgehead atoms. The molecule has 5 heteroatoms. The molecule has 0 radical (unpaired) electrons. The molecule has 1 heterocycles. The summed E-state index contributed by atoms with van der Waals surface area (Å²) in [6.45, 7) is 2.03. The summed E-state index contributed by atoms with van der Waals surface area (Å²) in [7, 11) is 0. The quantitative estimate of drug-likeness (QED) is 0.469. The maximum Gasteiger partial charge on any atom is 0.198 e. The smallest absolute Gasteiger partial charge is 0.198 e. The molecule has 1 aliphatic rings. The Balaban J connectivity index is 1.95. The number of rotatable bonds is 5. The third-order valence-corrected chi connectivity index (χ3v) is 6.67. The van der Waals surface area contributed by atoms with Crippen LogP contribution in [0.2, 0.25) is 5.02 Å². The number of carbonyl (C=O) groups excluding carboxylic acids is 2. The first-order valence-corrected chi connectivity index (χ1v) is 10.3. The minimum atomic E-state index is -0.177. The van der Waals surface area contributed by atoms with Crippen LogP contribution in [0.4, 0.5) is 0 Å². The van der Waals surface area contributed by atoms with E-state index in [1.807, 2.05) is 49.4 Å². The lowest BCUT2D eigenvalue weighted by atomic mass is 9.96. The van der Waals surface area contributed by atoms with Gasteiger partial charge < -0.3 is 0 Å². The lowest BCUT2D eigenvalue weighted by molar-refractivity contribution is -0.115. The van der Waals surface area contributed by atoms with Gasteiger partial charge in [-0.2, -0.15) is 0 Å². The summed E-state index contributed by atoms with van der Waals surface area (Å²) in [4.78, 5) is 25.7. The fourth-order valence-electron chi connectivity index (χ4n) is 2.67. The van der Waals surface area contributed by atoms with E-state index in [0.29, 0.717) is 22.6 Å². The number of halogens is 1. The van der Waals surface area contributed by atoms with E-state index in [9.17, 15) is 9.59 Å². The van der Waals surface area contributed by atoms with Gasteiger partial charge in [-0.1, -0.05) is 61.0 Å². The Bertz CT molecular complexity index is 813. The van der Waals surface area contributed by atoms with E-state index in [0.717, 1.165) is 15.6 Å². The zero-order chi connectivity index (χ0) is 17.8. The molecule has 1 unspecified atom stereocenters. The predicted octanol–water partition coefficient (Wildman–Crippen LogP) is 5.93.